The number of benzene rings is 2. The van der Waals surface area contributed by atoms with Crippen molar-refractivity contribution in [2.24, 2.45) is 16.6 Å². The molecule has 2 aliphatic heterocycles. The number of carbonyl (C=O) groups excluding carboxylic acids is 1. The van der Waals surface area contributed by atoms with Gasteiger partial charge in [0.2, 0.25) is 0 Å². The first kappa shape index (κ1) is 23.0. The molecule has 182 valence electrons. The van der Waals surface area contributed by atoms with Gasteiger partial charge in [-0.05, 0) is 43.0 Å². The van der Waals surface area contributed by atoms with Crippen molar-refractivity contribution in [1.29, 1.82) is 5.26 Å². The molecular weight excluding hydrogens is 470 g/mol. The van der Waals surface area contributed by atoms with Gasteiger partial charge in [0, 0.05) is 17.0 Å². The highest BCUT2D eigenvalue weighted by Gasteiger charge is 2.56. The normalized spacial score (nSPS) is 27.1. The van der Waals surface area contributed by atoms with Crippen LogP contribution in [-0.2, 0) is 19.8 Å². The van der Waals surface area contributed by atoms with Gasteiger partial charge < -0.3 is 19.9 Å². The van der Waals surface area contributed by atoms with E-state index in [1.165, 1.54) is 12.1 Å². The van der Waals surface area contributed by atoms with E-state index in [2.05, 4.69) is 4.99 Å². The van der Waals surface area contributed by atoms with Crippen LogP contribution < -0.4 is 10.5 Å². The molecule has 2 aromatic rings. The summed E-state index contributed by atoms with van der Waals surface area (Å²) in [6.45, 7) is 0.000464. The number of rotatable bonds is 2. The summed E-state index contributed by atoms with van der Waals surface area (Å²) in [5, 5.41) is 9.18. The van der Waals surface area contributed by atoms with E-state index >= 15 is 0 Å². The fourth-order valence-electron chi connectivity index (χ4n) is 5.19. The van der Waals surface area contributed by atoms with Crippen LogP contribution in [0.4, 0.5) is 17.6 Å². The molecule has 0 radical (unpaired) electrons. The monoisotopic (exact) mass is 489 g/mol. The Balaban J connectivity index is 1.56. The summed E-state index contributed by atoms with van der Waals surface area (Å²) in [4.78, 5) is 16.0. The number of hydrogen-bond donors (Lipinski definition) is 1. The third-order valence-electron chi connectivity index (χ3n) is 6.76. The van der Waals surface area contributed by atoms with Gasteiger partial charge in [-0.3, -0.25) is 0 Å². The van der Waals surface area contributed by atoms with Gasteiger partial charge in [-0.15, -0.1) is 0 Å². The van der Waals surface area contributed by atoms with E-state index in [1.54, 1.807) is 24.3 Å². The number of nitrogens with zero attached hydrogens (tertiary/aromatic N) is 2. The van der Waals surface area contributed by atoms with Crippen molar-refractivity contribution < 1.29 is 36.6 Å². The summed E-state index contributed by atoms with van der Waals surface area (Å²) < 4.78 is 69.6. The van der Waals surface area contributed by atoms with Crippen LogP contribution in [0, 0.1) is 23.1 Å². The maximum absolute atomic E-state index is 14.9. The lowest BCUT2D eigenvalue weighted by molar-refractivity contribution is -0.208. The van der Waals surface area contributed by atoms with Crippen molar-refractivity contribution >= 4 is 12.0 Å². The van der Waals surface area contributed by atoms with Crippen LogP contribution in [0.2, 0.25) is 0 Å². The van der Waals surface area contributed by atoms with E-state index < -0.39 is 41.6 Å². The Kier molecular flexibility index (Phi) is 5.34. The van der Waals surface area contributed by atoms with E-state index in [9.17, 15) is 27.6 Å². The largest absolute Gasteiger partial charge is 0.490 e. The molecule has 1 fully saturated rings. The maximum atomic E-state index is 14.9. The molecule has 11 heteroatoms. The number of amidine groups is 1. The highest BCUT2D eigenvalue weighted by Crippen LogP contribution is 2.53. The van der Waals surface area contributed by atoms with E-state index in [0.717, 1.165) is 0 Å². The fourth-order valence-corrected chi connectivity index (χ4v) is 5.19. The molecule has 1 spiro atoms. The Morgan fingerprint density at radius 1 is 1.26 bits per heavy atom. The highest BCUT2D eigenvalue weighted by atomic mass is 19.4. The third kappa shape index (κ3) is 3.83. The van der Waals surface area contributed by atoms with Gasteiger partial charge >= 0.3 is 12.1 Å². The van der Waals surface area contributed by atoms with Crippen LogP contribution in [-0.4, -0.2) is 37.0 Å². The quantitative estimate of drug-likeness (QED) is 0.506. The second-order valence-corrected chi connectivity index (χ2v) is 8.75. The summed E-state index contributed by atoms with van der Waals surface area (Å²) in [6, 6.07) is 11.2. The number of halogens is 4. The Morgan fingerprint density at radius 2 is 2.06 bits per heavy atom. The second-order valence-electron chi connectivity index (χ2n) is 8.75. The first-order valence-corrected chi connectivity index (χ1v) is 10.9. The smallest absolute Gasteiger partial charge is 0.490 e. The molecule has 0 saturated heterocycles. The van der Waals surface area contributed by atoms with Crippen LogP contribution in [0.1, 0.15) is 30.4 Å². The number of nitriles is 1. The first-order chi connectivity index (χ1) is 16.6. The average molecular weight is 489 g/mol. The number of hydrogen-bond acceptors (Lipinski definition) is 7. The molecule has 3 aliphatic rings. The zero-order chi connectivity index (χ0) is 25.0. The summed E-state index contributed by atoms with van der Waals surface area (Å²) in [5.74, 6) is -2.96. The van der Waals surface area contributed by atoms with Crippen LogP contribution in [0.15, 0.2) is 41.4 Å². The second kappa shape index (κ2) is 8.15. The van der Waals surface area contributed by atoms with Crippen molar-refractivity contribution in [3.8, 4) is 22.9 Å². The minimum atomic E-state index is -5.10. The van der Waals surface area contributed by atoms with Crippen molar-refractivity contribution in [1.82, 2.24) is 0 Å². The summed E-state index contributed by atoms with van der Waals surface area (Å²) in [6.07, 6.45) is -5.94. The van der Waals surface area contributed by atoms with E-state index in [0.29, 0.717) is 23.3 Å². The van der Waals surface area contributed by atoms with Gasteiger partial charge in [-0.2, -0.15) is 18.4 Å². The Morgan fingerprint density at radius 3 is 2.74 bits per heavy atom. The van der Waals surface area contributed by atoms with E-state index in [1.807, 2.05) is 6.07 Å². The van der Waals surface area contributed by atoms with Crippen LogP contribution in [0.5, 0.6) is 5.75 Å². The van der Waals surface area contributed by atoms with Gasteiger partial charge in [-0.25, -0.2) is 14.2 Å². The first-order valence-electron chi connectivity index (χ1n) is 10.9. The lowest BCUT2D eigenvalue weighted by atomic mass is 9.67. The predicted octanol–water partition coefficient (Wildman–Crippen LogP) is 3.94. The predicted molar refractivity (Wildman–Crippen MR) is 113 cm³/mol. The number of aliphatic imine (C=N–C) groups is 1. The average Bonchev–Trinajstić information content (AvgIpc) is 3.21. The fraction of sp³-hybridized carbons (Fsp3) is 0.375. The number of fused-ring (bicyclic) bond motifs is 4. The van der Waals surface area contributed by atoms with Crippen molar-refractivity contribution in [2.45, 2.75) is 43.2 Å². The molecule has 0 bridgehead atoms. The van der Waals surface area contributed by atoms with Crippen LogP contribution in [0.25, 0.3) is 11.1 Å². The molecule has 1 saturated carbocycles. The molecule has 1 aliphatic carbocycles. The topological polar surface area (TPSA) is 107 Å². The lowest BCUT2D eigenvalue weighted by Crippen LogP contribution is -2.52. The molecule has 2 aromatic carbocycles. The number of nitrogens with two attached hydrogens (primary N) is 1. The highest BCUT2D eigenvalue weighted by molar-refractivity contribution is 5.76. The minimum Gasteiger partial charge on any atom is -0.490 e. The maximum Gasteiger partial charge on any atom is 0.490 e. The van der Waals surface area contributed by atoms with Crippen molar-refractivity contribution in [3.05, 3.63) is 53.3 Å². The zero-order valence-corrected chi connectivity index (χ0v) is 18.1. The number of alkyl halides is 3. The van der Waals surface area contributed by atoms with Crippen LogP contribution in [0.3, 0.4) is 0 Å². The molecule has 7 nitrogen and oxygen atoms in total. The third-order valence-corrected chi connectivity index (χ3v) is 6.76. The molecule has 4 atom stereocenters. The number of esters is 1. The van der Waals surface area contributed by atoms with Gasteiger partial charge in [0.25, 0.3) is 6.02 Å². The standard InChI is InChI=1S/C24H19F4N3O4/c25-20-13(10-29)2-1-3-15(20)12-4-6-18-16(8-12)23(11-33-22(30)31-23)17-9-14(5-7-19(17)35-18)34-21(32)24(26,27)28/h1-4,6,8,14,17,19H,5,7,9,11H2,(H2,30,31)/t14-,17-,19-,23?/m0/s1. The zero-order valence-electron chi connectivity index (χ0n) is 18.1. The number of ether oxygens (including phenoxy) is 3. The molecule has 35 heavy (non-hydrogen) atoms. The summed E-state index contributed by atoms with van der Waals surface area (Å²) >= 11 is 0. The molecule has 1 unspecified atom stereocenters. The molecule has 5 rings (SSSR count). The van der Waals surface area contributed by atoms with Crippen LogP contribution >= 0.6 is 0 Å². The molecule has 0 aromatic heterocycles. The summed E-state index contributed by atoms with van der Waals surface area (Å²) in [7, 11) is 0. The van der Waals surface area contributed by atoms with Gasteiger partial charge in [0.1, 0.15) is 42.0 Å². The Hall–Kier alpha value is -3.81. The molecule has 2 heterocycles. The lowest BCUT2D eigenvalue weighted by Gasteiger charge is -2.47. The minimum absolute atomic E-state index is 0.000464. The number of carbonyl (C=O) groups is 1. The van der Waals surface area contributed by atoms with E-state index in [4.69, 9.17) is 19.9 Å². The van der Waals surface area contributed by atoms with Gasteiger partial charge in [0.05, 0.1) is 5.56 Å². The molecule has 2 N–H and O–H groups in total. The van der Waals surface area contributed by atoms with Crippen molar-refractivity contribution in [3.63, 3.8) is 0 Å². The van der Waals surface area contributed by atoms with Gasteiger partial charge in [0.15, 0.2) is 0 Å². The SMILES string of the molecule is N#Cc1cccc(-c2ccc3c(c2)C2(COC(N)=N2)[C@H]2C[C@@H](OC(=O)C(F)(F)F)CC[C@@H]2O3)c1F. The summed E-state index contributed by atoms with van der Waals surface area (Å²) in [5.41, 5.74) is 5.81. The molecule has 0 amide bonds. The Labute approximate surface area is 197 Å². The van der Waals surface area contributed by atoms with Gasteiger partial charge in [-0.1, -0.05) is 18.2 Å². The Bertz CT molecular complexity index is 1270. The van der Waals surface area contributed by atoms with E-state index in [-0.39, 0.29) is 36.6 Å². The molecular formula is C24H19F4N3O4. The van der Waals surface area contributed by atoms with Crippen molar-refractivity contribution in [2.75, 3.05) is 6.61 Å².